The van der Waals surface area contributed by atoms with E-state index in [0.29, 0.717) is 18.1 Å². The molecule has 1 heterocycles. The quantitative estimate of drug-likeness (QED) is 0.681. The fourth-order valence-electron chi connectivity index (χ4n) is 3.09. The van der Waals surface area contributed by atoms with E-state index in [4.69, 9.17) is 0 Å². The number of amides is 2. The van der Waals surface area contributed by atoms with Gasteiger partial charge < -0.3 is 15.2 Å². The summed E-state index contributed by atoms with van der Waals surface area (Å²) < 4.78 is 0. The Balaban J connectivity index is 1.59. The van der Waals surface area contributed by atoms with Gasteiger partial charge in [0.25, 0.3) is 0 Å². The Labute approximate surface area is 158 Å². The molecule has 140 valence electrons. The predicted molar refractivity (Wildman–Crippen MR) is 106 cm³/mol. The molecule has 3 aromatic rings. The fraction of sp³-hybridized carbons (Fsp3) is 0.286. The van der Waals surface area contributed by atoms with Gasteiger partial charge in [-0.1, -0.05) is 12.1 Å². The van der Waals surface area contributed by atoms with Gasteiger partial charge in [-0.15, -0.1) is 0 Å². The lowest BCUT2D eigenvalue weighted by atomic mass is 10.1. The van der Waals surface area contributed by atoms with Crippen LogP contribution in [0.5, 0.6) is 0 Å². The third kappa shape index (κ3) is 4.73. The van der Waals surface area contributed by atoms with E-state index in [2.05, 4.69) is 15.3 Å². The number of fused-ring (bicyclic) bond motifs is 1. The van der Waals surface area contributed by atoms with Crippen LogP contribution in [0.15, 0.2) is 36.4 Å². The maximum atomic E-state index is 12.4. The molecule has 27 heavy (non-hydrogen) atoms. The second-order valence-corrected chi connectivity index (χ2v) is 7.06. The van der Waals surface area contributed by atoms with Crippen molar-refractivity contribution in [3.8, 4) is 0 Å². The number of hydrogen-bond acceptors (Lipinski definition) is 3. The van der Waals surface area contributed by atoms with Crippen LogP contribution in [-0.4, -0.2) is 33.7 Å². The average molecular weight is 364 g/mol. The Bertz CT molecular complexity index is 986. The summed E-state index contributed by atoms with van der Waals surface area (Å²) in [4.78, 5) is 33.8. The summed E-state index contributed by atoms with van der Waals surface area (Å²) in [6.45, 7) is 6.28. The highest BCUT2D eigenvalue weighted by Crippen LogP contribution is 2.15. The first kappa shape index (κ1) is 18.6. The number of carbonyl (C=O) groups is 2. The van der Waals surface area contributed by atoms with Gasteiger partial charge in [0.2, 0.25) is 11.8 Å². The Morgan fingerprint density at radius 3 is 2.44 bits per heavy atom. The number of carbonyl (C=O) groups excluding carboxylic acids is 2. The zero-order valence-corrected chi connectivity index (χ0v) is 16.1. The van der Waals surface area contributed by atoms with Crippen molar-refractivity contribution in [2.75, 3.05) is 12.4 Å². The molecule has 0 radical (unpaired) electrons. The lowest BCUT2D eigenvalue weighted by Crippen LogP contribution is -2.30. The van der Waals surface area contributed by atoms with Crippen molar-refractivity contribution < 1.29 is 9.59 Å². The minimum absolute atomic E-state index is 0.206. The predicted octanol–water partition coefficient (Wildman–Crippen LogP) is 3.48. The minimum Gasteiger partial charge on any atom is -0.340 e. The van der Waals surface area contributed by atoms with Crippen molar-refractivity contribution in [1.29, 1.82) is 0 Å². The highest BCUT2D eigenvalue weighted by molar-refractivity contribution is 6.03. The molecule has 1 aromatic heterocycles. The van der Waals surface area contributed by atoms with E-state index in [-0.39, 0.29) is 18.2 Å². The van der Waals surface area contributed by atoms with Gasteiger partial charge in [0.05, 0.1) is 17.6 Å². The molecule has 0 atom stereocenters. The molecule has 2 amide bonds. The monoisotopic (exact) mass is 364 g/mol. The molecule has 0 spiro atoms. The summed E-state index contributed by atoms with van der Waals surface area (Å²) >= 11 is 0. The standard InChI is InChI=1S/C21H24N4O2/c1-13-5-6-17-18(10-13)24-19(23-17)12-25(4)21(27)11-20(26)22-16-8-14(2)7-15(3)9-16/h5-10H,11-12H2,1-4H3,(H,22,26)(H,23,24). The van der Waals surface area contributed by atoms with Crippen LogP contribution in [0.2, 0.25) is 0 Å². The van der Waals surface area contributed by atoms with Gasteiger partial charge in [0, 0.05) is 12.7 Å². The van der Waals surface area contributed by atoms with E-state index in [9.17, 15) is 9.59 Å². The van der Waals surface area contributed by atoms with E-state index >= 15 is 0 Å². The molecule has 6 heteroatoms. The normalized spacial score (nSPS) is 10.8. The highest BCUT2D eigenvalue weighted by atomic mass is 16.2. The molecule has 0 unspecified atom stereocenters. The Hall–Kier alpha value is -3.15. The van der Waals surface area contributed by atoms with Crippen molar-refractivity contribution in [3.05, 3.63) is 58.9 Å². The molecular formula is C21H24N4O2. The number of anilines is 1. The molecule has 0 aliphatic heterocycles. The lowest BCUT2D eigenvalue weighted by Gasteiger charge is -2.15. The van der Waals surface area contributed by atoms with Crippen molar-refractivity contribution in [2.24, 2.45) is 0 Å². The molecule has 0 saturated heterocycles. The molecule has 0 saturated carbocycles. The molecule has 0 fully saturated rings. The molecule has 6 nitrogen and oxygen atoms in total. The van der Waals surface area contributed by atoms with E-state index < -0.39 is 0 Å². The second-order valence-electron chi connectivity index (χ2n) is 7.06. The van der Waals surface area contributed by atoms with E-state index in [1.165, 1.54) is 4.90 Å². The van der Waals surface area contributed by atoms with Crippen molar-refractivity contribution in [3.63, 3.8) is 0 Å². The minimum atomic E-state index is -0.322. The average Bonchev–Trinajstić information content (AvgIpc) is 2.94. The number of nitrogens with zero attached hydrogens (tertiary/aromatic N) is 2. The first-order valence-corrected chi connectivity index (χ1v) is 8.87. The van der Waals surface area contributed by atoms with Crippen molar-refractivity contribution >= 4 is 28.5 Å². The number of imidazole rings is 1. The van der Waals surface area contributed by atoms with Crippen LogP contribution in [0.25, 0.3) is 11.0 Å². The first-order chi connectivity index (χ1) is 12.8. The summed E-state index contributed by atoms with van der Waals surface area (Å²) in [5.74, 6) is 0.117. The SMILES string of the molecule is Cc1cc(C)cc(NC(=O)CC(=O)N(C)Cc2nc3ccc(C)cc3[nH]2)c1. The molecule has 2 N–H and O–H groups in total. The smallest absolute Gasteiger partial charge is 0.233 e. The van der Waals surface area contributed by atoms with Gasteiger partial charge in [0.1, 0.15) is 12.2 Å². The summed E-state index contributed by atoms with van der Waals surface area (Å²) in [5.41, 5.74) is 5.79. The van der Waals surface area contributed by atoms with Gasteiger partial charge in [-0.05, 0) is 61.7 Å². The largest absolute Gasteiger partial charge is 0.340 e. The van der Waals surface area contributed by atoms with E-state index in [0.717, 1.165) is 27.7 Å². The van der Waals surface area contributed by atoms with Gasteiger partial charge >= 0.3 is 0 Å². The fourth-order valence-corrected chi connectivity index (χ4v) is 3.09. The third-order valence-corrected chi connectivity index (χ3v) is 4.32. The van der Waals surface area contributed by atoms with Crippen molar-refractivity contribution in [1.82, 2.24) is 14.9 Å². The number of rotatable bonds is 5. The number of aromatic nitrogens is 2. The molecule has 2 aromatic carbocycles. The highest BCUT2D eigenvalue weighted by Gasteiger charge is 2.16. The number of H-pyrrole nitrogens is 1. The van der Waals surface area contributed by atoms with Crippen LogP contribution in [0.4, 0.5) is 5.69 Å². The van der Waals surface area contributed by atoms with E-state index in [1.54, 1.807) is 7.05 Å². The van der Waals surface area contributed by atoms with Gasteiger partial charge in [0.15, 0.2) is 0 Å². The van der Waals surface area contributed by atoms with Crippen LogP contribution in [0.3, 0.4) is 0 Å². The topological polar surface area (TPSA) is 78.1 Å². The van der Waals surface area contributed by atoms with Crippen LogP contribution in [0.1, 0.15) is 28.9 Å². The summed E-state index contributed by atoms with van der Waals surface area (Å²) in [5, 5.41) is 2.79. The summed E-state index contributed by atoms with van der Waals surface area (Å²) in [7, 11) is 1.67. The Morgan fingerprint density at radius 1 is 1.04 bits per heavy atom. The summed E-state index contributed by atoms with van der Waals surface area (Å²) in [6.07, 6.45) is -0.206. The maximum Gasteiger partial charge on any atom is 0.233 e. The number of nitrogens with one attached hydrogen (secondary N) is 2. The Kier molecular flexibility index (Phi) is 5.26. The van der Waals surface area contributed by atoms with Crippen LogP contribution < -0.4 is 5.32 Å². The van der Waals surface area contributed by atoms with Gasteiger partial charge in [-0.2, -0.15) is 0 Å². The zero-order valence-electron chi connectivity index (χ0n) is 16.1. The van der Waals surface area contributed by atoms with Gasteiger partial charge in [-0.3, -0.25) is 9.59 Å². The molecule has 0 bridgehead atoms. The number of benzene rings is 2. The number of aromatic amines is 1. The maximum absolute atomic E-state index is 12.4. The molecule has 0 aliphatic rings. The van der Waals surface area contributed by atoms with E-state index in [1.807, 2.05) is 57.2 Å². The Morgan fingerprint density at radius 2 is 1.74 bits per heavy atom. The zero-order chi connectivity index (χ0) is 19.6. The lowest BCUT2D eigenvalue weighted by molar-refractivity contribution is -0.134. The molecular weight excluding hydrogens is 340 g/mol. The number of aryl methyl sites for hydroxylation is 3. The number of hydrogen-bond donors (Lipinski definition) is 2. The van der Waals surface area contributed by atoms with Crippen LogP contribution in [0, 0.1) is 20.8 Å². The summed E-state index contributed by atoms with van der Waals surface area (Å²) in [6, 6.07) is 11.8. The van der Waals surface area contributed by atoms with Crippen LogP contribution >= 0.6 is 0 Å². The van der Waals surface area contributed by atoms with Crippen molar-refractivity contribution in [2.45, 2.75) is 33.7 Å². The second kappa shape index (κ2) is 7.61. The first-order valence-electron chi connectivity index (χ1n) is 8.87. The molecule has 0 aliphatic carbocycles. The molecule has 3 rings (SSSR count). The van der Waals surface area contributed by atoms with Crippen LogP contribution in [-0.2, 0) is 16.1 Å². The van der Waals surface area contributed by atoms with Gasteiger partial charge in [-0.25, -0.2) is 4.98 Å². The third-order valence-electron chi connectivity index (χ3n) is 4.32.